The van der Waals surface area contributed by atoms with Crippen molar-refractivity contribution in [3.63, 3.8) is 0 Å². The maximum atomic E-state index is 12.8. The first-order valence-corrected chi connectivity index (χ1v) is 10.9. The summed E-state index contributed by atoms with van der Waals surface area (Å²) in [5, 5.41) is 0. The quantitative estimate of drug-likeness (QED) is 0.641. The van der Waals surface area contributed by atoms with Gasteiger partial charge in [0, 0.05) is 6.04 Å². The lowest BCUT2D eigenvalue weighted by Crippen LogP contribution is -2.27. The first-order chi connectivity index (χ1) is 12.6. The highest BCUT2D eigenvalue weighted by atomic mass is 79.9. The van der Waals surface area contributed by atoms with Crippen molar-refractivity contribution in [2.75, 3.05) is 14.2 Å². The van der Waals surface area contributed by atoms with Crippen LogP contribution in [-0.2, 0) is 10.0 Å². The molecule has 0 amide bonds. The van der Waals surface area contributed by atoms with E-state index in [2.05, 4.69) is 34.5 Å². The third kappa shape index (κ3) is 4.83. The van der Waals surface area contributed by atoms with Crippen LogP contribution in [0.4, 0.5) is 0 Å². The Bertz CT molecular complexity index is 926. The number of nitrogens with one attached hydrogen (secondary N) is 1. The molecule has 0 saturated carbocycles. The van der Waals surface area contributed by atoms with Crippen molar-refractivity contribution in [1.29, 1.82) is 0 Å². The van der Waals surface area contributed by atoms with Gasteiger partial charge >= 0.3 is 0 Å². The number of ether oxygens (including phenoxy) is 2. The summed E-state index contributed by atoms with van der Waals surface area (Å²) >= 11 is 3.33. The van der Waals surface area contributed by atoms with Crippen molar-refractivity contribution in [3.05, 3.63) is 51.5 Å². The van der Waals surface area contributed by atoms with Gasteiger partial charge < -0.3 is 9.47 Å². The molecule has 2 aromatic rings. The van der Waals surface area contributed by atoms with Crippen LogP contribution in [0.2, 0.25) is 0 Å². The molecule has 0 aliphatic carbocycles. The van der Waals surface area contributed by atoms with Crippen LogP contribution in [0.1, 0.15) is 49.4 Å². The average Bonchev–Trinajstić information content (AvgIpc) is 2.60. The standard InChI is InChI=1S/C20H26BrNO4S/c1-12(2)16-11-17(13(3)9-20(16)26-6)14(4)22-27(23,24)15-7-8-19(25-5)18(21)10-15/h7-12,14,22H,1-6H3/t14-/m0/s1. The molecule has 1 N–H and O–H groups in total. The van der Waals surface area contributed by atoms with Crippen molar-refractivity contribution in [2.24, 2.45) is 0 Å². The summed E-state index contributed by atoms with van der Waals surface area (Å²) in [6, 6.07) is 8.28. The van der Waals surface area contributed by atoms with Crippen LogP contribution in [0.25, 0.3) is 0 Å². The summed E-state index contributed by atoms with van der Waals surface area (Å²) in [6.07, 6.45) is 0. The summed E-state index contributed by atoms with van der Waals surface area (Å²) in [6.45, 7) is 7.97. The van der Waals surface area contributed by atoms with Crippen molar-refractivity contribution >= 4 is 26.0 Å². The van der Waals surface area contributed by atoms with Crippen molar-refractivity contribution in [2.45, 2.75) is 44.6 Å². The zero-order valence-electron chi connectivity index (χ0n) is 16.5. The Morgan fingerprint density at radius 2 is 1.59 bits per heavy atom. The van der Waals surface area contributed by atoms with Crippen LogP contribution >= 0.6 is 15.9 Å². The van der Waals surface area contributed by atoms with Crippen molar-refractivity contribution in [1.82, 2.24) is 4.72 Å². The predicted octanol–water partition coefficient (Wildman–Crippen LogP) is 4.94. The van der Waals surface area contributed by atoms with Gasteiger partial charge in [0.05, 0.1) is 23.6 Å². The third-order valence-corrected chi connectivity index (χ3v) is 6.63. The summed E-state index contributed by atoms with van der Waals surface area (Å²) in [7, 11) is -0.506. The van der Waals surface area contributed by atoms with Crippen LogP contribution in [-0.4, -0.2) is 22.6 Å². The molecule has 0 aromatic heterocycles. The minimum atomic E-state index is -3.69. The van der Waals surface area contributed by atoms with E-state index in [1.807, 2.05) is 26.0 Å². The number of hydrogen-bond donors (Lipinski definition) is 1. The van der Waals surface area contributed by atoms with Crippen LogP contribution < -0.4 is 14.2 Å². The fraction of sp³-hybridized carbons (Fsp3) is 0.400. The van der Waals surface area contributed by atoms with Gasteiger partial charge in [-0.05, 0) is 82.7 Å². The molecule has 0 aliphatic heterocycles. The summed E-state index contributed by atoms with van der Waals surface area (Å²) in [4.78, 5) is 0.178. The van der Waals surface area contributed by atoms with E-state index >= 15 is 0 Å². The van der Waals surface area contributed by atoms with E-state index in [1.54, 1.807) is 13.2 Å². The largest absolute Gasteiger partial charge is 0.496 e. The fourth-order valence-electron chi connectivity index (χ4n) is 2.99. The summed E-state index contributed by atoms with van der Waals surface area (Å²) in [5.41, 5.74) is 2.95. The molecule has 0 heterocycles. The molecule has 0 bridgehead atoms. The summed E-state index contributed by atoms with van der Waals surface area (Å²) in [5.74, 6) is 1.66. The molecule has 0 fully saturated rings. The lowest BCUT2D eigenvalue weighted by Gasteiger charge is -2.21. The number of methoxy groups -OCH3 is 2. The molecular weight excluding hydrogens is 430 g/mol. The number of aryl methyl sites for hydroxylation is 1. The Kier molecular flexibility index (Phi) is 6.94. The minimum absolute atomic E-state index is 0.178. The van der Waals surface area contributed by atoms with Crippen LogP contribution in [0.15, 0.2) is 39.7 Å². The van der Waals surface area contributed by atoms with Gasteiger partial charge in [0.2, 0.25) is 10.0 Å². The zero-order valence-corrected chi connectivity index (χ0v) is 18.9. The van der Waals surface area contributed by atoms with Gasteiger partial charge in [0.1, 0.15) is 11.5 Å². The SMILES string of the molecule is COc1ccc(S(=O)(=O)N[C@@H](C)c2cc(C(C)C)c(OC)cc2C)cc1Br. The second-order valence-corrected chi connectivity index (χ2v) is 9.31. The third-order valence-electron chi connectivity index (χ3n) is 4.47. The smallest absolute Gasteiger partial charge is 0.241 e. The highest BCUT2D eigenvalue weighted by Gasteiger charge is 2.22. The van der Waals surface area contributed by atoms with Crippen LogP contribution in [0.5, 0.6) is 11.5 Å². The Balaban J connectivity index is 2.37. The molecule has 148 valence electrons. The number of hydrogen-bond acceptors (Lipinski definition) is 4. The van der Waals surface area contributed by atoms with Crippen molar-refractivity contribution < 1.29 is 17.9 Å². The molecule has 5 nitrogen and oxygen atoms in total. The van der Waals surface area contributed by atoms with Gasteiger partial charge in [0.15, 0.2) is 0 Å². The molecule has 2 rings (SSSR count). The molecule has 7 heteroatoms. The highest BCUT2D eigenvalue weighted by Crippen LogP contribution is 2.33. The number of sulfonamides is 1. The van der Waals surface area contributed by atoms with Crippen LogP contribution in [0, 0.1) is 6.92 Å². The lowest BCUT2D eigenvalue weighted by molar-refractivity contribution is 0.406. The van der Waals surface area contributed by atoms with Gasteiger partial charge in [-0.15, -0.1) is 0 Å². The maximum Gasteiger partial charge on any atom is 0.241 e. The lowest BCUT2D eigenvalue weighted by atomic mass is 9.94. The second kappa shape index (κ2) is 8.63. The molecule has 0 radical (unpaired) electrons. The molecule has 0 aliphatic rings. The first-order valence-electron chi connectivity index (χ1n) is 8.65. The fourth-order valence-corrected chi connectivity index (χ4v) is 4.93. The molecule has 0 unspecified atom stereocenters. The number of benzene rings is 2. The normalized spacial score (nSPS) is 12.9. The number of rotatable bonds is 7. The second-order valence-electron chi connectivity index (χ2n) is 6.74. The van der Waals surface area contributed by atoms with E-state index in [4.69, 9.17) is 9.47 Å². The van der Waals surface area contributed by atoms with E-state index in [1.165, 1.54) is 19.2 Å². The molecule has 1 atom stereocenters. The zero-order chi connectivity index (χ0) is 20.4. The molecule has 0 saturated heterocycles. The van der Waals surface area contributed by atoms with Crippen LogP contribution in [0.3, 0.4) is 0 Å². The maximum absolute atomic E-state index is 12.8. The van der Waals surface area contributed by atoms with Gasteiger partial charge in [0.25, 0.3) is 0 Å². The Morgan fingerprint density at radius 1 is 0.963 bits per heavy atom. The van der Waals surface area contributed by atoms with E-state index in [-0.39, 0.29) is 16.9 Å². The first kappa shape index (κ1) is 21.7. The Morgan fingerprint density at radius 3 is 2.11 bits per heavy atom. The highest BCUT2D eigenvalue weighted by molar-refractivity contribution is 9.10. The summed E-state index contributed by atoms with van der Waals surface area (Å²) < 4.78 is 39.6. The molecule has 27 heavy (non-hydrogen) atoms. The van der Waals surface area contributed by atoms with Gasteiger partial charge in [-0.3, -0.25) is 0 Å². The molecule has 2 aromatic carbocycles. The topological polar surface area (TPSA) is 64.6 Å². The predicted molar refractivity (Wildman–Crippen MR) is 111 cm³/mol. The number of halogens is 1. The van der Waals surface area contributed by atoms with Gasteiger partial charge in [-0.2, -0.15) is 0 Å². The van der Waals surface area contributed by atoms with Gasteiger partial charge in [-0.1, -0.05) is 13.8 Å². The van der Waals surface area contributed by atoms with E-state index < -0.39 is 10.0 Å². The van der Waals surface area contributed by atoms with E-state index in [9.17, 15) is 8.42 Å². The molecule has 0 spiro atoms. The Labute approximate surface area is 170 Å². The Hall–Kier alpha value is -1.57. The van der Waals surface area contributed by atoms with Crippen molar-refractivity contribution in [3.8, 4) is 11.5 Å². The van der Waals surface area contributed by atoms with Gasteiger partial charge in [-0.25, -0.2) is 13.1 Å². The average molecular weight is 456 g/mol. The van der Waals surface area contributed by atoms with E-state index in [0.717, 1.165) is 22.4 Å². The molecular formula is C20H26BrNO4S. The van der Waals surface area contributed by atoms with E-state index in [0.29, 0.717) is 10.2 Å². The minimum Gasteiger partial charge on any atom is -0.496 e. The monoisotopic (exact) mass is 455 g/mol.